The fourth-order valence-electron chi connectivity index (χ4n) is 3.57. The molecular weight excluding hydrogens is 506 g/mol. The van der Waals surface area contributed by atoms with Crippen molar-refractivity contribution < 1.29 is 28.7 Å². The Balaban J connectivity index is 2.13. The van der Waals surface area contributed by atoms with E-state index in [-0.39, 0.29) is 43.9 Å². The summed E-state index contributed by atoms with van der Waals surface area (Å²) >= 11 is 0. The maximum absolute atomic E-state index is 12.3. The van der Waals surface area contributed by atoms with Crippen molar-refractivity contribution in [2.75, 3.05) is 37.7 Å². The molecule has 0 aliphatic heterocycles. The Morgan fingerprint density at radius 1 is 1.03 bits per heavy atom. The molecule has 12 nitrogen and oxygen atoms in total. The third-order valence-corrected chi connectivity index (χ3v) is 5.44. The first-order chi connectivity index (χ1) is 18.9. The van der Waals surface area contributed by atoms with Crippen molar-refractivity contribution in [1.82, 2.24) is 9.97 Å². The summed E-state index contributed by atoms with van der Waals surface area (Å²) in [6.45, 7) is 6.01. The van der Waals surface area contributed by atoms with Crippen LogP contribution < -0.4 is 24.4 Å². The molecule has 2 aromatic carbocycles. The SMILES string of the molecule is C=CCCOc1nc(NC(=O)OCC)c([N+](=O)[O-])c(N(Cc2ccc(OC)cc2)Cc2ccc(OC)cc2)n1. The normalized spacial score (nSPS) is 10.3. The van der Waals surface area contributed by atoms with Gasteiger partial charge in [-0.25, -0.2) is 4.79 Å². The Morgan fingerprint density at radius 2 is 1.59 bits per heavy atom. The largest absolute Gasteiger partial charge is 0.497 e. The van der Waals surface area contributed by atoms with Crippen molar-refractivity contribution in [2.24, 2.45) is 0 Å². The number of hydrogen-bond donors (Lipinski definition) is 1. The average molecular weight is 538 g/mol. The van der Waals surface area contributed by atoms with Gasteiger partial charge in [0.2, 0.25) is 11.6 Å². The van der Waals surface area contributed by atoms with Crippen LogP contribution in [0.3, 0.4) is 0 Å². The lowest BCUT2D eigenvalue weighted by Gasteiger charge is -2.25. The van der Waals surface area contributed by atoms with Crippen LogP contribution in [0.2, 0.25) is 0 Å². The zero-order valence-corrected chi connectivity index (χ0v) is 22.1. The summed E-state index contributed by atoms with van der Waals surface area (Å²) < 4.78 is 21.1. The molecule has 0 bridgehead atoms. The van der Waals surface area contributed by atoms with Crippen LogP contribution in [0.5, 0.6) is 17.5 Å². The quantitative estimate of drug-likeness (QED) is 0.127. The second kappa shape index (κ2) is 14.2. The van der Waals surface area contributed by atoms with Crippen LogP contribution in [0.15, 0.2) is 61.2 Å². The van der Waals surface area contributed by atoms with Gasteiger partial charge in [0, 0.05) is 13.1 Å². The van der Waals surface area contributed by atoms with Gasteiger partial charge in [0.05, 0.1) is 32.4 Å². The van der Waals surface area contributed by atoms with Crippen molar-refractivity contribution in [2.45, 2.75) is 26.4 Å². The predicted octanol–water partition coefficient (Wildman–Crippen LogP) is 5.13. The number of hydrogen-bond acceptors (Lipinski definition) is 10. The average Bonchev–Trinajstić information content (AvgIpc) is 2.93. The molecule has 206 valence electrons. The van der Waals surface area contributed by atoms with Crippen molar-refractivity contribution in [1.29, 1.82) is 0 Å². The monoisotopic (exact) mass is 537 g/mol. The minimum absolute atomic E-state index is 0.0398. The molecule has 0 saturated carbocycles. The molecule has 0 saturated heterocycles. The molecule has 3 aromatic rings. The molecule has 0 atom stereocenters. The number of ether oxygens (including phenoxy) is 4. The highest BCUT2D eigenvalue weighted by atomic mass is 16.6. The molecule has 1 amide bonds. The topological polar surface area (TPSA) is 138 Å². The Morgan fingerprint density at radius 3 is 2.05 bits per heavy atom. The van der Waals surface area contributed by atoms with Crippen molar-refractivity contribution >= 4 is 23.4 Å². The molecule has 1 aromatic heterocycles. The highest BCUT2D eigenvalue weighted by Crippen LogP contribution is 2.36. The zero-order chi connectivity index (χ0) is 28.2. The Kier molecular flexibility index (Phi) is 10.4. The van der Waals surface area contributed by atoms with Gasteiger partial charge >= 0.3 is 17.8 Å². The van der Waals surface area contributed by atoms with Gasteiger partial charge in [-0.15, -0.1) is 6.58 Å². The number of methoxy groups -OCH3 is 2. The van der Waals surface area contributed by atoms with Gasteiger partial charge in [-0.2, -0.15) is 9.97 Å². The number of rotatable bonds is 14. The number of benzene rings is 2. The number of anilines is 2. The van der Waals surface area contributed by atoms with Crippen LogP contribution >= 0.6 is 0 Å². The molecule has 39 heavy (non-hydrogen) atoms. The molecule has 3 rings (SSSR count). The summed E-state index contributed by atoms with van der Waals surface area (Å²) in [5.74, 6) is 0.966. The molecule has 0 aliphatic carbocycles. The number of nitrogens with zero attached hydrogens (tertiary/aromatic N) is 4. The molecule has 0 fully saturated rings. The van der Waals surface area contributed by atoms with Crippen LogP contribution in [0.25, 0.3) is 0 Å². The van der Waals surface area contributed by atoms with Gasteiger partial charge in [0.1, 0.15) is 11.5 Å². The molecule has 0 aliphatic rings. The summed E-state index contributed by atoms with van der Waals surface area (Å²) in [7, 11) is 3.14. The number of aromatic nitrogens is 2. The van der Waals surface area contributed by atoms with Crippen LogP contribution in [0.4, 0.5) is 22.1 Å². The molecule has 0 unspecified atom stereocenters. The molecule has 0 radical (unpaired) electrons. The highest BCUT2D eigenvalue weighted by molar-refractivity contribution is 5.88. The third-order valence-electron chi connectivity index (χ3n) is 5.44. The van der Waals surface area contributed by atoms with Gasteiger partial charge in [-0.1, -0.05) is 30.3 Å². The fraction of sp³-hybridized carbons (Fsp3) is 0.296. The van der Waals surface area contributed by atoms with Crippen molar-refractivity contribution in [3.63, 3.8) is 0 Å². The molecule has 1 heterocycles. The smallest absolute Gasteiger partial charge is 0.412 e. The van der Waals surface area contributed by atoms with E-state index in [4.69, 9.17) is 18.9 Å². The Hall–Kier alpha value is -4.87. The summed E-state index contributed by atoms with van der Waals surface area (Å²) in [6, 6.07) is 14.5. The van der Waals surface area contributed by atoms with Crippen LogP contribution in [0.1, 0.15) is 24.5 Å². The number of amides is 1. The van der Waals surface area contributed by atoms with Crippen molar-refractivity contribution in [3.8, 4) is 17.5 Å². The minimum atomic E-state index is -0.890. The van der Waals surface area contributed by atoms with E-state index < -0.39 is 16.7 Å². The lowest BCUT2D eigenvalue weighted by molar-refractivity contribution is -0.383. The zero-order valence-electron chi connectivity index (χ0n) is 22.1. The number of carbonyl (C=O) groups excluding carboxylic acids is 1. The van der Waals surface area contributed by atoms with Gasteiger partial charge in [-0.05, 0) is 48.7 Å². The van der Waals surface area contributed by atoms with E-state index in [0.717, 1.165) is 11.1 Å². The first-order valence-electron chi connectivity index (χ1n) is 12.1. The first kappa shape index (κ1) is 28.7. The van der Waals surface area contributed by atoms with E-state index >= 15 is 0 Å². The highest BCUT2D eigenvalue weighted by Gasteiger charge is 2.31. The summed E-state index contributed by atoms with van der Waals surface area (Å²) in [5, 5.41) is 14.7. The third kappa shape index (κ3) is 8.06. The molecule has 12 heteroatoms. The maximum Gasteiger partial charge on any atom is 0.412 e. The van der Waals surface area contributed by atoms with E-state index in [1.807, 2.05) is 24.3 Å². The lowest BCUT2D eigenvalue weighted by Crippen LogP contribution is -2.26. The molecular formula is C27H31N5O7. The number of nitro groups is 1. The molecule has 1 N–H and O–H groups in total. The van der Waals surface area contributed by atoms with Gasteiger partial charge in [0.25, 0.3) is 0 Å². The van der Waals surface area contributed by atoms with E-state index in [1.165, 1.54) is 0 Å². The van der Waals surface area contributed by atoms with Gasteiger partial charge in [0.15, 0.2) is 0 Å². The first-order valence-corrected chi connectivity index (χ1v) is 12.1. The van der Waals surface area contributed by atoms with Crippen LogP contribution in [-0.4, -0.2) is 48.4 Å². The number of carbonyl (C=O) groups is 1. The fourth-order valence-corrected chi connectivity index (χ4v) is 3.57. The minimum Gasteiger partial charge on any atom is -0.497 e. The second-order valence-electron chi connectivity index (χ2n) is 8.11. The summed E-state index contributed by atoms with van der Waals surface area (Å²) in [4.78, 5) is 34.2. The lowest BCUT2D eigenvalue weighted by atomic mass is 10.1. The standard InChI is InChI=1S/C27H31N5O7/c1-5-7-16-39-26-28-24(29-27(33)38-6-2)23(32(34)35)25(30-26)31(17-19-8-12-21(36-3)13-9-19)18-20-10-14-22(37-4)15-11-20/h5,8-15H,1,6-7,16-18H2,2-4H3,(H,28,29,30,33). The van der Waals surface area contributed by atoms with E-state index in [1.54, 1.807) is 56.4 Å². The Bertz CT molecular complexity index is 1220. The van der Waals surface area contributed by atoms with E-state index in [0.29, 0.717) is 17.9 Å². The van der Waals surface area contributed by atoms with Crippen molar-refractivity contribution in [3.05, 3.63) is 82.4 Å². The van der Waals surface area contributed by atoms with Crippen LogP contribution in [-0.2, 0) is 17.8 Å². The van der Waals surface area contributed by atoms with E-state index in [9.17, 15) is 14.9 Å². The summed E-state index contributed by atoms with van der Waals surface area (Å²) in [5.41, 5.74) is 1.18. The van der Waals surface area contributed by atoms with Gasteiger partial charge < -0.3 is 23.8 Å². The van der Waals surface area contributed by atoms with Gasteiger partial charge in [-0.3, -0.25) is 15.4 Å². The predicted molar refractivity (Wildman–Crippen MR) is 146 cm³/mol. The van der Waals surface area contributed by atoms with Crippen LogP contribution in [0, 0.1) is 10.1 Å². The Labute approximate surface area is 226 Å². The van der Waals surface area contributed by atoms with E-state index in [2.05, 4.69) is 21.9 Å². The summed E-state index contributed by atoms with van der Waals surface area (Å²) in [6.07, 6.45) is 1.26. The molecule has 0 spiro atoms. The maximum atomic E-state index is 12.3. The number of nitrogens with one attached hydrogen (secondary N) is 1. The second-order valence-corrected chi connectivity index (χ2v) is 8.11.